The third kappa shape index (κ3) is 4.43. The molecule has 1 saturated heterocycles. The Morgan fingerprint density at radius 1 is 1.19 bits per heavy atom. The minimum Gasteiger partial charge on any atom is -0.311 e. The van der Waals surface area contributed by atoms with Crippen molar-refractivity contribution in [2.45, 2.75) is 18.8 Å². The van der Waals surface area contributed by atoms with Crippen molar-refractivity contribution >= 4 is 0 Å². The Morgan fingerprint density at radius 2 is 1.90 bits per heavy atom. The topological polar surface area (TPSA) is 18.5 Å². The van der Waals surface area contributed by atoms with Gasteiger partial charge in [-0.05, 0) is 25.7 Å². The monoisotopic (exact) mass is 301 g/mol. The number of piperazine rings is 1. The van der Waals surface area contributed by atoms with Gasteiger partial charge in [-0.25, -0.2) is 0 Å². The molecule has 1 unspecified atom stereocenters. The minimum absolute atomic E-state index is 0.240. The molecule has 6 heteroatoms. The molecule has 0 saturated carbocycles. The van der Waals surface area contributed by atoms with E-state index in [1.54, 1.807) is 6.07 Å². The molecule has 1 fully saturated rings. The second-order valence-corrected chi connectivity index (χ2v) is 5.68. The van der Waals surface area contributed by atoms with Gasteiger partial charge in [0, 0.05) is 38.8 Å². The van der Waals surface area contributed by atoms with Crippen molar-refractivity contribution in [3.05, 3.63) is 35.4 Å². The van der Waals surface area contributed by atoms with Crippen LogP contribution in [0.25, 0.3) is 0 Å². The van der Waals surface area contributed by atoms with Gasteiger partial charge in [0.25, 0.3) is 0 Å². The molecule has 118 valence electrons. The van der Waals surface area contributed by atoms with E-state index in [0.29, 0.717) is 18.2 Å². The summed E-state index contributed by atoms with van der Waals surface area (Å²) in [6.45, 7) is 3.88. The Morgan fingerprint density at radius 3 is 2.62 bits per heavy atom. The van der Waals surface area contributed by atoms with Crippen LogP contribution in [0, 0.1) is 0 Å². The van der Waals surface area contributed by atoms with Crippen LogP contribution >= 0.6 is 0 Å². The number of halogens is 3. The second kappa shape index (κ2) is 6.77. The Bertz CT molecular complexity index is 462. The highest BCUT2D eigenvalue weighted by atomic mass is 19.4. The molecule has 0 aromatic heterocycles. The van der Waals surface area contributed by atoms with Crippen molar-refractivity contribution in [1.82, 2.24) is 15.1 Å². The van der Waals surface area contributed by atoms with E-state index < -0.39 is 11.7 Å². The summed E-state index contributed by atoms with van der Waals surface area (Å²) < 4.78 is 38.7. The standard InChI is InChI=1S/C15H22F3N3/c1-20-7-8-21(2)13(11-20)10-19-9-12-5-3-4-6-14(12)15(16,17)18/h3-6,13,19H,7-11H2,1-2H3. The van der Waals surface area contributed by atoms with Gasteiger partial charge in [0.2, 0.25) is 0 Å². The minimum atomic E-state index is -4.29. The predicted octanol–water partition coefficient (Wildman–Crippen LogP) is 2.04. The van der Waals surface area contributed by atoms with Crippen LogP contribution in [0.4, 0.5) is 13.2 Å². The number of likely N-dealkylation sites (N-methyl/N-ethyl adjacent to an activating group) is 2. The smallest absolute Gasteiger partial charge is 0.311 e. The summed E-state index contributed by atoms with van der Waals surface area (Å²) in [5.41, 5.74) is -0.247. The van der Waals surface area contributed by atoms with E-state index in [1.165, 1.54) is 12.1 Å². The average Bonchev–Trinajstić information content (AvgIpc) is 2.42. The Hall–Kier alpha value is -1.11. The summed E-state index contributed by atoms with van der Waals surface area (Å²) in [5.74, 6) is 0. The fraction of sp³-hybridized carbons (Fsp3) is 0.600. The number of rotatable bonds is 4. The molecule has 1 atom stereocenters. The Kier molecular flexibility index (Phi) is 5.24. The summed E-state index contributed by atoms with van der Waals surface area (Å²) >= 11 is 0. The van der Waals surface area contributed by atoms with Gasteiger partial charge in [0.05, 0.1) is 5.56 Å². The largest absolute Gasteiger partial charge is 0.416 e. The summed E-state index contributed by atoms with van der Waals surface area (Å²) in [6, 6.07) is 6.08. The molecule has 0 aliphatic carbocycles. The maximum absolute atomic E-state index is 12.9. The van der Waals surface area contributed by atoms with Gasteiger partial charge in [-0.3, -0.25) is 4.90 Å². The first kappa shape index (κ1) is 16.3. The molecule has 1 heterocycles. The van der Waals surface area contributed by atoms with Crippen LogP contribution in [0.2, 0.25) is 0 Å². The fourth-order valence-electron chi connectivity index (χ4n) is 2.65. The molecular weight excluding hydrogens is 279 g/mol. The lowest BCUT2D eigenvalue weighted by atomic mass is 10.1. The zero-order valence-corrected chi connectivity index (χ0v) is 12.5. The quantitative estimate of drug-likeness (QED) is 0.918. The molecule has 1 aromatic rings. The molecule has 0 spiro atoms. The lowest BCUT2D eigenvalue weighted by Crippen LogP contribution is -2.53. The lowest BCUT2D eigenvalue weighted by molar-refractivity contribution is -0.138. The van der Waals surface area contributed by atoms with E-state index in [4.69, 9.17) is 0 Å². The fourth-order valence-corrected chi connectivity index (χ4v) is 2.65. The first-order valence-corrected chi connectivity index (χ1v) is 7.12. The van der Waals surface area contributed by atoms with Crippen molar-refractivity contribution < 1.29 is 13.2 Å². The normalized spacial score (nSPS) is 21.7. The van der Waals surface area contributed by atoms with Crippen LogP contribution in [-0.2, 0) is 12.7 Å². The highest BCUT2D eigenvalue weighted by Crippen LogP contribution is 2.31. The molecular formula is C15H22F3N3. The van der Waals surface area contributed by atoms with Crippen LogP contribution in [0.15, 0.2) is 24.3 Å². The molecule has 1 aliphatic heterocycles. The average molecular weight is 301 g/mol. The molecule has 1 aromatic carbocycles. The summed E-state index contributed by atoms with van der Waals surface area (Å²) in [6.07, 6.45) is -4.29. The predicted molar refractivity (Wildman–Crippen MR) is 77.1 cm³/mol. The first-order chi connectivity index (χ1) is 9.88. The van der Waals surface area contributed by atoms with Gasteiger partial charge in [-0.2, -0.15) is 13.2 Å². The van der Waals surface area contributed by atoms with Crippen molar-refractivity contribution in [1.29, 1.82) is 0 Å². The van der Waals surface area contributed by atoms with Gasteiger partial charge in [-0.1, -0.05) is 18.2 Å². The van der Waals surface area contributed by atoms with Gasteiger partial charge < -0.3 is 10.2 Å². The second-order valence-electron chi connectivity index (χ2n) is 5.68. The third-order valence-electron chi connectivity index (χ3n) is 4.00. The maximum atomic E-state index is 12.9. The molecule has 1 aliphatic rings. The van der Waals surface area contributed by atoms with E-state index in [1.807, 2.05) is 0 Å². The number of hydrogen-bond acceptors (Lipinski definition) is 3. The van der Waals surface area contributed by atoms with Crippen molar-refractivity contribution in [2.24, 2.45) is 0 Å². The van der Waals surface area contributed by atoms with Gasteiger partial charge in [0.15, 0.2) is 0 Å². The molecule has 0 bridgehead atoms. The van der Waals surface area contributed by atoms with E-state index in [2.05, 4.69) is 29.2 Å². The molecule has 0 amide bonds. The van der Waals surface area contributed by atoms with Gasteiger partial charge in [0.1, 0.15) is 0 Å². The maximum Gasteiger partial charge on any atom is 0.416 e. The molecule has 2 rings (SSSR count). The van der Waals surface area contributed by atoms with Crippen molar-refractivity contribution in [3.63, 3.8) is 0 Å². The van der Waals surface area contributed by atoms with Gasteiger partial charge >= 0.3 is 6.18 Å². The lowest BCUT2D eigenvalue weighted by Gasteiger charge is -2.37. The Labute approximate surface area is 123 Å². The number of alkyl halides is 3. The number of nitrogens with one attached hydrogen (secondary N) is 1. The molecule has 21 heavy (non-hydrogen) atoms. The zero-order chi connectivity index (χ0) is 15.5. The summed E-state index contributed by atoms with van der Waals surface area (Å²) in [7, 11) is 4.13. The highest BCUT2D eigenvalue weighted by Gasteiger charge is 2.32. The van der Waals surface area contributed by atoms with Gasteiger partial charge in [-0.15, -0.1) is 0 Å². The summed E-state index contributed by atoms with van der Waals surface area (Å²) in [5, 5.41) is 3.17. The zero-order valence-electron chi connectivity index (χ0n) is 12.5. The Balaban J connectivity index is 1.92. The number of nitrogens with zero attached hydrogens (tertiary/aromatic N) is 2. The molecule has 0 radical (unpaired) electrons. The number of hydrogen-bond donors (Lipinski definition) is 1. The van der Waals surface area contributed by atoms with Crippen LogP contribution in [0.1, 0.15) is 11.1 Å². The van der Waals surface area contributed by atoms with E-state index in [9.17, 15) is 13.2 Å². The van der Waals surface area contributed by atoms with E-state index in [-0.39, 0.29) is 6.54 Å². The highest BCUT2D eigenvalue weighted by molar-refractivity contribution is 5.29. The van der Waals surface area contributed by atoms with Crippen molar-refractivity contribution in [3.8, 4) is 0 Å². The van der Waals surface area contributed by atoms with Crippen LogP contribution < -0.4 is 5.32 Å². The van der Waals surface area contributed by atoms with Crippen LogP contribution in [-0.4, -0.2) is 56.1 Å². The SMILES string of the molecule is CN1CCN(C)C(CNCc2ccccc2C(F)(F)F)C1. The van der Waals surface area contributed by atoms with E-state index in [0.717, 1.165) is 25.7 Å². The van der Waals surface area contributed by atoms with Crippen LogP contribution in [0.5, 0.6) is 0 Å². The summed E-state index contributed by atoms with van der Waals surface area (Å²) in [4.78, 5) is 4.50. The number of benzene rings is 1. The van der Waals surface area contributed by atoms with Crippen LogP contribution in [0.3, 0.4) is 0 Å². The molecule has 1 N–H and O–H groups in total. The van der Waals surface area contributed by atoms with E-state index >= 15 is 0 Å². The first-order valence-electron chi connectivity index (χ1n) is 7.12. The third-order valence-corrected chi connectivity index (χ3v) is 4.00. The van der Waals surface area contributed by atoms with Crippen molar-refractivity contribution in [2.75, 3.05) is 40.3 Å². The molecule has 3 nitrogen and oxygen atoms in total.